The topological polar surface area (TPSA) is 49.9 Å². The van der Waals surface area contributed by atoms with Gasteiger partial charge in [0, 0.05) is 52.4 Å². The molecule has 5 nitrogen and oxygen atoms in total. The lowest BCUT2D eigenvalue weighted by Gasteiger charge is -2.24. The lowest BCUT2D eigenvalue weighted by Crippen LogP contribution is -2.37. The highest BCUT2D eigenvalue weighted by molar-refractivity contribution is 5.93. The molecule has 0 aliphatic carbocycles. The highest BCUT2D eigenvalue weighted by atomic mass is 16.5. The van der Waals surface area contributed by atoms with Crippen LogP contribution in [0.15, 0.2) is 30.3 Å². The predicted molar refractivity (Wildman–Crippen MR) is 87.8 cm³/mol. The molecular weight excluding hydrogens is 280 g/mol. The molecule has 0 spiro atoms. The summed E-state index contributed by atoms with van der Waals surface area (Å²) < 4.78 is 5.00. The van der Waals surface area contributed by atoms with Gasteiger partial charge in [0.2, 0.25) is 11.8 Å². The number of ether oxygens (including phenoxy) is 1. The van der Waals surface area contributed by atoms with Gasteiger partial charge in [-0.05, 0) is 25.5 Å². The smallest absolute Gasteiger partial charge is 0.228 e. The Morgan fingerprint density at radius 1 is 1.14 bits per heavy atom. The number of rotatable bonds is 9. The minimum atomic E-state index is -0.00772. The molecule has 1 aromatic carbocycles. The molecule has 2 amide bonds. The fourth-order valence-corrected chi connectivity index (χ4v) is 2.30. The Labute approximate surface area is 132 Å². The fraction of sp³-hybridized carbons (Fsp3) is 0.529. The van der Waals surface area contributed by atoms with E-state index in [1.54, 1.807) is 16.9 Å². The Hall–Kier alpha value is -1.88. The maximum Gasteiger partial charge on any atom is 0.228 e. The summed E-state index contributed by atoms with van der Waals surface area (Å²) in [4.78, 5) is 27.5. The van der Waals surface area contributed by atoms with E-state index in [1.165, 1.54) is 6.92 Å². The number of methoxy groups -OCH3 is 1. The van der Waals surface area contributed by atoms with Gasteiger partial charge in [0.15, 0.2) is 0 Å². The molecule has 0 heterocycles. The summed E-state index contributed by atoms with van der Waals surface area (Å²) in [7, 11) is 1.64. The quantitative estimate of drug-likeness (QED) is 0.658. The van der Waals surface area contributed by atoms with E-state index in [9.17, 15) is 9.59 Å². The molecule has 0 bridgehead atoms. The first-order valence-electron chi connectivity index (χ1n) is 7.70. The Morgan fingerprint density at radius 3 is 2.36 bits per heavy atom. The second-order valence-corrected chi connectivity index (χ2v) is 5.08. The zero-order chi connectivity index (χ0) is 16.4. The number of para-hydroxylation sites is 1. The normalized spacial score (nSPS) is 10.3. The van der Waals surface area contributed by atoms with Crippen LogP contribution >= 0.6 is 0 Å². The summed E-state index contributed by atoms with van der Waals surface area (Å²) in [6.07, 6.45) is 1.11. The van der Waals surface area contributed by atoms with Crippen LogP contribution in [0.3, 0.4) is 0 Å². The number of benzene rings is 1. The SMILES string of the molecule is CCN(C(=O)CCN(CCCOC)C(C)=O)c1ccccc1. The summed E-state index contributed by atoms with van der Waals surface area (Å²) in [5.41, 5.74) is 0.892. The van der Waals surface area contributed by atoms with E-state index in [4.69, 9.17) is 4.74 Å². The van der Waals surface area contributed by atoms with E-state index in [0.717, 1.165) is 12.1 Å². The summed E-state index contributed by atoms with van der Waals surface area (Å²) in [5, 5.41) is 0. The van der Waals surface area contributed by atoms with Crippen molar-refractivity contribution in [3.8, 4) is 0 Å². The van der Waals surface area contributed by atoms with Gasteiger partial charge in [-0.15, -0.1) is 0 Å². The van der Waals surface area contributed by atoms with Crippen LogP contribution in [0, 0.1) is 0 Å². The van der Waals surface area contributed by atoms with Crippen molar-refractivity contribution in [2.24, 2.45) is 0 Å². The highest BCUT2D eigenvalue weighted by Crippen LogP contribution is 2.14. The third-order valence-corrected chi connectivity index (χ3v) is 3.50. The molecule has 0 aliphatic heterocycles. The van der Waals surface area contributed by atoms with E-state index in [0.29, 0.717) is 32.7 Å². The summed E-state index contributed by atoms with van der Waals surface area (Å²) in [6, 6.07) is 9.59. The average molecular weight is 306 g/mol. The predicted octanol–water partition coefficient (Wildman–Crippen LogP) is 2.31. The molecule has 1 rings (SSSR count). The van der Waals surface area contributed by atoms with Gasteiger partial charge in [-0.2, -0.15) is 0 Å². The maximum absolute atomic E-state index is 12.4. The van der Waals surface area contributed by atoms with Gasteiger partial charge in [0.25, 0.3) is 0 Å². The zero-order valence-corrected chi connectivity index (χ0v) is 13.7. The molecule has 0 saturated heterocycles. The monoisotopic (exact) mass is 306 g/mol. The van der Waals surface area contributed by atoms with Crippen LogP contribution < -0.4 is 4.90 Å². The molecule has 22 heavy (non-hydrogen) atoms. The molecule has 5 heteroatoms. The van der Waals surface area contributed by atoms with E-state index in [2.05, 4.69) is 0 Å². The second kappa shape index (κ2) is 9.95. The van der Waals surface area contributed by atoms with E-state index in [1.807, 2.05) is 37.3 Å². The number of carbonyl (C=O) groups excluding carboxylic acids is 2. The number of hydrogen-bond donors (Lipinski definition) is 0. The van der Waals surface area contributed by atoms with Crippen LogP contribution in [-0.2, 0) is 14.3 Å². The van der Waals surface area contributed by atoms with Gasteiger partial charge in [0.05, 0.1) is 0 Å². The van der Waals surface area contributed by atoms with Crippen molar-refractivity contribution in [3.05, 3.63) is 30.3 Å². The molecule has 0 aromatic heterocycles. The van der Waals surface area contributed by atoms with Gasteiger partial charge in [-0.1, -0.05) is 18.2 Å². The minimum Gasteiger partial charge on any atom is -0.385 e. The lowest BCUT2D eigenvalue weighted by atomic mass is 10.2. The largest absolute Gasteiger partial charge is 0.385 e. The molecule has 0 N–H and O–H groups in total. The Kier molecular flexibility index (Phi) is 8.22. The summed E-state index contributed by atoms with van der Waals surface area (Å²) >= 11 is 0. The number of amides is 2. The third-order valence-electron chi connectivity index (χ3n) is 3.50. The second-order valence-electron chi connectivity index (χ2n) is 5.08. The van der Waals surface area contributed by atoms with Crippen molar-refractivity contribution in [3.63, 3.8) is 0 Å². The van der Waals surface area contributed by atoms with Crippen LogP contribution in [0.25, 0.3) is 0 Å². The third kappa shape index (κ3) is 5.85. The summed E-state index contributed by atoms with van der Waals surface area (Å²) in [6.45, 7) is 5.78. The van der Waals surface area contributed by atoms with Gasteiger partial charge in [0.1, 0.15) is 0 Å². The summed E-state index contributed by atoms with van der Waals surface area (Å²) in [5.74, 6) is 0.0263. The zero-order valence-electron chi connectivity index (χ0n) is 13.7. The maximum atomic E-state index is 12.4. The molecular formula is C17H26N2O3. The van der Waals surface area contributed by atoms with Crippen molar-refractivity contribution >= 4 is 17.5 Å². The molecule has 0 aliphatic rings. The molecule has 0 unspecified atom stereocenters. The van der Waals surface area contributed by atoms with Crippen LogP contribution in [0.2, 0.25) is 0 Å². The molecule has 122 valence electrons. The first-order chi connectivity index (χ1) is 10.6. The Balaban J connectivity index is 2.56. The van der Waals surface area contributed by atoms with Crippen LogP contribution in [0.5, 0.6) is 0 Å². The molecule has 0 atom stereocenters. The van der Waals surface area contributed by atoms with Gasteiger partial charge in [-0.3, -0.25) is 9.59 Å². The molecule has 0 radical (unpaired) electrons. The first-order valence-corrected chi connectivity index (χ1v) is 7.70. The van der Waals surface area contributed by atoms with Crippen LogP contribution in [0.1, 0.15) is 26.7 Å². The van der Waals surface area contributed by atoms with Crippen molar-refractivity contribution in [1.82, 2.24) is 4.90 Å². The first kappa shape index (κ1) is 18.2. The Morgan fingerprint density at radius 2 is 1.82 bits per heavy atom. The van der Waals surface area contributed by atoms with E-state index < -0.39 is 0 Å². The van der Waals surface area contributed by atoms with E-state index in [-0.39, 0.29) is 11.8 Å². The minimum absolute atomic E-state index is 0.00772. The lowest BCUT2D eigenvalue weighted by molar-refractivity contribution is -0.129. The van der Waals surface area contributed by atoms with E-state index >= 15 is 0 Å². The average Bonchev–Trinajstić information content (AvgIpc) is 2.52. The van der Waals surface area contributed by atoms with Gasteiger partial charge >= 0.3 is 0 Å². The fourth-order valence-electron chi connectivity index (χ4n) is 2.30. The number of carbonyl (C=O) groups is 2. The molecule has 0 fully saturated rings. The van der Waals surface area contributed by atoms with Crippen molar-refractivity contribution in [2.75, 3.05) is 38.3 Å². The highest BCUT2D eigenvalue weighted by Gasteiger charge is 2.16. The van der Waals surface area contributed by atoms with Gasteiger partial charge in [-0.25, -0.2) is 0 Å². The number of nitrogens with zero attached hydrogens (tertiary/aromatic N) is 2. The Bertz CT molecular complexity index is 462. The standard InChI is InChI=1S/C17H26N2O3/c1-4-19(16-9-6-5-7-10-16)17(21)11-13-18(15(2)20)12-8-14-22-3/h5-7,9-10H,4,8,11-14H2,1-3H3. The molecule has 1 aromatic rings. The number of anilines is 1. The van der Waals surface area contributed by atoms with Gasteiger partial charge < -0.3 is 14.5 Å². The van der Waals surface area contributed by atoms with Crippen molar-refractivity contribution < 1.29 is 14.3 Å². The van der Waals surface area contributed by atoms with Crippen LogP contribution in [-0.4, -0.2) is 50.1 Å². The van der Waals surface area contributed by atoms with Crippen LogP contribution in [0.4, 0.5) is 5.69 Å². The number of hydrogen-bond acceptors (Lipinski definition) is 3. The van der Waals surface area contributed by atoms with Crippen molar-refractivity contribution in [1.29, 1.82) is 0 Å². The van der Waals surface area contributed by atoms with Crippen molar-refractivity contribution in [2.45, 2.75) is 26.7 Å². The molecule has 0 saturated carbocycles.